The van der Waals surface area contributed by atoms with E-state index in [9.17, 15) is 19.5 Å². The summed E-state index contributed by atoms with van der Waals surface area (Å²) in [7, 11) is 0. The largest absolute Gasteiger partial charge is 0.481 e. The van der Waals surface area contributed by atoms with Gasteiger partial charge in [-0.1, -0.05) is 56.0 Å². The topological polar surface area (TPSA) is 110 Å². The Balaban J connectivity index is 2.74. The molecule has 0 aliphatic rings. The molecule has 0 saturated carbocycles. The fourth-order valence-corrected chi connectivity index (χ4v) is 2.74. The van der Waals surface area contributed by atoms with Crippen LogP contribution in [0.25, 0.3) is 5.57 Å². The van der Waals surface area contributed by atoms with E-state index in [4.69, 9.17) is 14.6 Å². The van der Waals surface area contributed by atoms with Crippen LogP contribution >= 0.6 is 0 Å². The summed E-state index contributed by atoms with van der Waals surface area (Å²) in [5.41, 5.74) is 1.26. The van der Waals surface area contributed by atoms with Crippen molar-refractivity contribution >= 4 is 23.5 Å². The Hall–Kier alpha value is -2.67. The predicted octanol–water partition coefficient (Wildman–Crippen LogP) is 3.84. The summed E-state index contributed by atoms with van der Waals surface area (Å²) < 4.78 is 10.6. The maximum atomic E-state index is 12.2. The van der Waals surface area contributed by atoms with Gasteiger partial charge in [-0.25, -0.2) is 4.79 Å². The zero-order valence-corrected chi connectivity index (χ0v) is 17.1. The van der Waals surface area contributed by atoms with Crippen LogP contribution in [-0.2, 0) is 23.9 Å². The van der Waals surface area contributed by atoms with Gasteiger partial charge >= 0.3 is 17.9 Å². The van der Waals surface area contributed by atoms with Crippen LogP contribution in [0.1, 0.15) is 56.6 Å². The van der Waals surface area contributed by atoms with E-state index >= 15 is 0 Å². The minimum absolute atomic E-state index is 0.0646. The molecule has 0 bridgehead atoms. The number of carboxylic acids is 2. The maximum absolute atomic E-state index is 12.2. The van der Waals surface area contributed by atoms with Crippen molar-refractivity contribution in [1.29, 1.82) is 0 Å². The van der Waals surface area contributed by atoms with Crippen LogP contribution in [0.3, 0.4) is 0 Å². The number of aliphatic carboxylic acids is 2. The summed E-state index contributed by atoms with van der Waals surface area (Å²) in [5.74, 6) is -3.28. The summed E-state index contributed by atoms with van der Waals surface area (Å²) in [4.78, 5) is 34.9. The van der Waals surface area contributed by atoms with E-state index in [-0.39, 0.29) is 30.8 Å². The third-order valence-corrected chi connectivity index (χ3v) is 4.30. The smallest absolute Gasteiger partial charge is 0.332 e. The number of carboxylic acid groups (broad SMARTS) is 2. The molecule has 7 nitrogen and oxygen atoms in total. The van der Waals surface area contributed by atoms with Crippen molar-refractivity contribution in [3.8, 4) is 0 Å². The van der Waals surface area contributed by atoms with E-state index in [0.717, 1.165) is 31.2 Å². The van der Waals surface area contributed by atoms with Gasteiger partial charge in [-0.3, -0.25) is 9.59 Å². The second kappa shape index (κ2) is 13.5. The second-order valence-corrected chi connectivity index (χ2v) is 6.77. The molecule has 0 atom stereocenters. The first-order valence-electron chi connectivity index (χ1n) is 9.82. The molecule has 0 aliphatic carbocycles. The minimum Gasteiger partial charge on any atom is -0.481 e. The number of hydrogen-bond donors (Lipinski definition) is 2. The van der Waals surface area contributed by atoms with Gasteiger partial charge in [-0.2, -0.15) is 0 Å². The molecular formula is C22H30O7. The predicted molar refractivity (Wildman–Crippen MR) is 109 cm³/mol. The Bertz CT molecular complexity index is 704. The number of hydrogen-bond acceptors (Lipinski definition) is 5. The molecule has 0 unspecified atom stereocenters. The van der Waals surface area contributed by atoms with Crippen LogP contribution in [0.5, 0.6) is 0 Å². The lowest BCUT2D eigenvalue weighted by molar-refractivity contribution is -0.144. The van der Waals surface area contributed by atoms with E-state index in [1.54, 1.807) is 24.3 Å². The van der Waals surface area contributed by atoms with Gasteiger partial charge in [-0.05, 0) is 24.5 Å². The molecule has 29 heavy (non-hydrogen) atoms. The highest BCUT2D eigenvalue weighted by atomic mass is 16.6. The number of unbranched alkanes of at least 4 members (excludes halogenated alkanes) is 3. The highest BCUT2D eigenvalue weighted by Crippen LogP contribution is 2.26. The van der Waals surface area contributed by atoms with Crippen molar-refractivity contribution in [2.24, 2.45) is 0 Å². The average Bonchev–Trinajstić information content (AvgIpc) is 2.67. The molecule has 1 aromatic rings. The van der Waals surface area contributed by atoms with Crippen molar-refractivity contribution in [3.05, 3.63) is 41.0 Å². The number of esters is 1. The lowest BCUT2D eigenvalue weighted by Gasteiger charge is -2.13. The van der Waals surface area contributed by atoms with E-state index in [2.05, 4.69) is 6.92 Å². The summed E-state index contributed by atoms with van der Waals surface area (Å²) in [6.07, 6.45) is 3.35. The Labute approximate surface area is 171 Å². The highest BCUT2D eigenvalue weighted by molar-refractivity contribution is 6.03. The zero-order valence-electron chi connectivity index (χ0n) is 17.1. The number of aryl methyl sites for hydroxylation is 1. The Morgan fingerprint density at radius 2 is 1.59 bits per heavy atom. The van der Waals surface area contributed by atoms with Crippen LogP contribution in [0, 0.1) is 6.92 Å². The van der Waals surface area contributed by atoms with E-state index in [1.807, 2.05) is 6.92 Å². The van der Waals surface area contributed by atoms with Crippen LogP contribution in [0.2, 0.25) is 0 Å². The first-order valence-corrected chi connectivity index (χ1v) is 9.82. The van der Waals surface area contributed by atoms with E-state index < -0.39 is 24.3 Å². The van der Waals surface area contributed by atoms with Crippen molar-refractivity contribution in [1.82, 2.24) is 0 Å². The highest BCUT2D eigenvalue weighted by Gasteiger charge is 2.22. The molecule has 0 aromatic heterocycles. The Morgan fingerprint density at radius 1 is 0.897 bits per heavy atom. The summed E-state index contributed by atoms with van der Waals surface area (Å²) in [6, 6.07) is 6.88. The van der Waals surface area contributed by atoms with E-state index in [1.165, 1.54) is 0 Å². The average molecular weight is 406 g/mol. The molecule has 7 heteroatoms. The van der Waals surface area contributed by atoms with Crippen molar-refractivity contribution < 1.29 is 34.1 Å². The third-order valence-electron chi connectivity index (χ3n) is 4.30. The van der Waals surface area contributed by atoms with Gasteiger partial charge in [-0.15, -0.1) is 0 Å². The Kier molecular flexibility index (Phi) is 11.3. The van der Waals surface area contributed by atoms with Gasteiger partial charge < -0.3 is 19.7 Å². The monoisotopic (exact) mass is 406 g/mol. The molecule has 160 valence electrons. The van der Waals surface area contributed by atoms with Crippen LogP contribution in [0.4, 0.5) is 0 Å². The fourth-order valence-electron chi connectivity index (χ4n) is 2.74. The lowest BCUT2D eigenvalue weighted by atomic mass is 9.94. The Morgan fingerprint density at radius 3 is 2.17 bits per heavy atom. The SMILES string of the molecule is CCCCCCOCCOC(=O)CC(=C(CC(=O)O)C(=O)O)c1ccc(C)cc1. The van der Waals surface area contributed by atoms with Gasteiger partial charge in [0.15, 0.2) is 0 Å². The quantitative estimate of drug-likeness (QED) is 0.274. The molecule has 1 rings (SSSR count). The molecule has 0 amide bonds. The molecule has 1 aromatic carbocycles. The number of rotatable bonds is 14. The van der Waals surface area contributed by atoms with Gasteiger partial charge in [0, 0.05) is 6.61 Å². The molecule has 0 spiro atoms. The van der Waals surface area contributed by atoms with Gasteiger partial charge in [0.25, 0.3) is 0 Å². The molecule has 0 heterocycles. The summed E-state index contributed by atoms with van der Waals surface area (Å²) in [5, 5.41) is 18.5. The lowest BCUT2D eigenvalue weighted by Crippen LogP contribution is -2.15. The van der Waals surface area contributed by atoms with Crippen molar-refractivity contribution in [2.75, 3.05) is 19.8 Å². The molecule has 0 radical (unpaired) electrons. The maximum Gasteiger partial charge on any atom is 0.332 e. The minimum atomic E-state index is -1.37. The van der Waals surface area contributed by atoms with Crippen molar-refractivity contribution in [3.63, 3.8) is 0 Å². The summed E-state index contributed by atoms with van der Waals surface area (Å²) >= 11 is 0. The molecule has 2 N–H and O–H groups in total. The normalized spacial score (nSPS) is 11.7. The van der Waals surface area contributed by atoms with Gasteiger partial charge in [0.2, 0.25) is 0 Å². The van der Waals surface area contributed by atoms with Crippen LogP contribution in [0.15, 0.2) is 29.8 Å². The summed E-state index contributed by atoms with van der Waals surface area (Å²) in [6.45, 7) is 4.94. The first kappa shape index (κ1) is 24.4. The van der Waals surface area contributed by atoms with E-state index in [0.29, 0.717) is 12.2 Å². The zero-order chi connectivity index (χ0) is 21.6. The molecule has 0 aliphatic heterocycles. The number of benzene rings is 1. The van der Waals surface area contributed by atoms with Crippen LogP contribution in [-0.4, -0.2) is 47.9 Å². The van der Waals surface area contributed by atoms with Crippen molar-refractivity contribution in [2.45, 2.75) is 52.4 Å². The number of carbonyl (C=O) groups excluding carboxylic acids is 1. The number of ether oxygens (including phenoxy) is 2. The second-order valence-electron chi connectivity index (χ2n) is 6.77. The van der Waals surface area contributed by atoms with Gasteiger partial charge in [0.1, 0.15) is 6.61 Å². The molecular weight excluding hydrogens is 376 g/mol. The number of carbonyl (C=O) groups is 3. The molecule has 0 saturated heterocycles. The van der Waals surface area contributed by atoms with Gasteiger partial charge in [0.05, 0.1) is 25.0 Å². The fraction of sp³-hybridized carbons (Fsp3) is 0.500. The third kappa shape index (κ3) is 9.89. The molecule has 0 fully saturated rings. The van der Waals surface area contributed by atoms with Crippen LogP contribution < -0.4 is 0 Å². The first-order chi connectivity index (χ1) is 13.8. The standard InChI is InChI=1S/C22H30O7/c1-3-4-5-6-11-28-12-13-29-21(25)15-18(17-9-7-16(2)8-10-17)19(22(26)27)14-20(23)24/h7-10H,3-6,11-15H2,1-2H3,(H,23,24)(H,26,27).